The third-order valence-corrected chi connectivity index (χ3v) is 3.31. The largest absolute Gasteiger partial charge is 0.376 e. The van der Waals surface area contributed by atoms with E-state index < -0.39 is 0 Å². The second-order valence-corrected chi connectivity index (χ2v) is 5.17. The van der Waals surface area contributed by atoms with Gasteiger partial charge >= 0.3 is 0 Å². The summed E-state index contributed by atoms with van der Waals surface area (Å²) in [6.45, 7) is 4.92. The van der Waals surface area contributed by atoms with E-state index in [1.807, 2.05) is 0 Å². The van der Waals surface area contributed by atoms with Crippen LogP contribution in [0.2, 0.25) is 5.02 Å². The van der Waals surface area contributed by atoms with Crippen LogP contribution in [0, 0.1) is 0 Å². The standard InChI is InChI=1S/C14H20ClN3O3/c1-2-3-16-13-12(15)6-10(7-17-13)14(19)18-8-11-9-20-4-5-21-11/h6-7,11H,2-5,8-9H2,1H3,(H,16,17)(H,18,19). The van der Waals surface area contributed by atoms with Crippen molar-refractivity contribution in [3.63, 3.8) is 0 Å². The Morgan fingerprint density at radius 1 is 1.52 bits per heavy atom. The van der Waals surface area contributed by atoms with Gasteiger partial charge in [0.1, 0.15) is 5.82 Å². The molecule has 6 nitrogen and oxygen atoms in total. The number of aromatic nitrogens is 1. The molecular formula is C14H20ClN3O3. The summed E-state index contributed by atoms with van der Waals surface area (Å²) in [5.74, 6) is 0.375. The Morgan fingerprint density at radius 3 is 3.05 bits per heavy atom. The molecule has 116 valence electrons. The summed E-state index contributed by atoms with van der Waals surface area (Å²) < 4.78 is 10.7. The first-order chi connectivity index (χ1) is 10.2. The number of carbonyl (C=O) groups excluding carboxylic acids is 1. The Balaban J connectivity index is 1.88. The molecule has 1 fully saturated rings. The molecule has 1 aromatic rings. The van der Waals surface area contributed by atoms with E-state index in [9.17, 15) is 4.79 Å². The summed E-state index contributed by atoms with van der Waals surface area (Å²) in [5.41, 5.74) is 0.429. The van der Waals surface area contributed by atoms with Crippen LogP contribution in [0.4, 0.5) is 5.82 Å². The lowest BCUT2D eigenvalue weighted by Gasteiger charge is -2.23. The first kappa shape index (κ1) is 16.0. The molecule has 1 aromatic heterocycles. The minimum absolute atomic E-state index is 0.100. The second kappa shape index (κ2) is 8.17. The van der Waals surface area contributed by atoms with Crippen LogP contribution in [-0.2, 0) is 9.47 Å². The summed E-state index contributed by atoms with van der Waals surface area (Å²) in [4.78, 5) is 16.2. The zero-order valence-electron chi connectivity index (χ0n) is 12.0. The van der Waals surface area contributed by atoms with Gasteiger partial charge in [-0.3, -0.25) is 4.79 Å². The zero-order chi connectivity index (χ0) is 15.1. The Hall–Kier alpha value is -1.37. The number of carbonyl (C=O) groups is 1. The number of ether oxygens (including phenoxy) is 2. The van der Waals surface area contributed by atoms with Gasteiger partial charge in [0.15, 0.2) is 0 Å². The van der Waals surface area contributed by atoms with Gasteiger partial charge in [0.2, 0.25) is 0 Å². The van der Waals surface area contributed by atoms with E-state index in [-0.39, 0.29) is 12.0 Å². The monoisotopic (exact) mass is 313 g/mol. The van der Waals surface area contributed by atoms with Crippen LogP contribution in [0.3, 0.4) is 0 Å². The SMILES string of the molecule is CCCNc1ncc(C(=O)NCC2COCCO2)cc1Cl. The van der Waals surface area contributed by atoms with Crippen LogP contribution in [0.5, 0.6) is 0 Å². The fourth-order valence-corrected chi connectivity index (χ4v) is 2.13. The van der Waals surface area contributed by atoms with E-state index in [0.717, 1.165) is 13.0 Å². The molecule has 1 saturated heterocycles. The van der Waals surface area contributed by atoms with Gasteiger partial charge in [-0.15, -0.1) is 0 Å². The van der Waals surface area contributed by atoms with E-state index in [1.54, 1.807) is 6.07 Å². The number of rotatable bonds is 6. The normalized spacial score (nSPS) is 18.3. The van der Waals surface area contributed by atoms with Crippen LogP contribution >= 0.6 is 11.6 Å². The predicted molar refractivity (Wildman–Crippen MR) is 80.9 cm³/mol. The van der Waals surface area contributed by atoms with Gasteiger partial charge in [-0.2, -0.15) is 0 Å². The third-order valence-electron chi connectivity index (χ3n) is 3.02. The topological polar surface area (TPSA) is 72.5 Å². The summed E-state index contributed by atoms with van der Waals surface area (Å²) in [7, 11) is 0. The number of anilines is 1. The highest BCUT2D eigenvalue weighted by Crippen LogP contribution is 2.20. The lowest BCUT2D eigenvalue weighted by molar-refractivity contribution is -0.0855. The van der Waals surface area contributed by atoms with Crippen LogP contribution in [0.25, 0.3) is 0 Å². The Morgan fingerprint density at radius 2 is 2.38 bits per heavy atom. The van der Waals surface area contributed by atoms with Crippen molar-refractivity contribution in [3.8, 4) is 0 Å². The van der Waals surface area contributed by atoms with E-state index in [2.05, 4.69) is 22.5 Å². The van der Waals surface area contributed by atoms with Gasteiger partial charge in [-0.05, 0) is 12.5 Å². The van der Waals surface area contributed by atoms with Gasteiger partial charge in [0.05, 0.1) is 36.5 Å². The van der Waals surface area contributed by atoms with Gasteiger partial charge in [0, 0.05) is 19.3 Å². The van der Waals surface area contributed by atoms with Crippen LogP contribution < -0.4 is 10.6 Å². The van der Waals surface area contributed by atoms with E-state index in [0.29, 0.717) is 42.8 Å². The van der Waals surface area contributed by atoms with Crippen LogP contribution in [0.15, 0.2) is 12.3 Å². The maximum absolute atomic E-state index is 12.0. The Labute approximate surface area is 129 Å². The van der Waals surface area contributed by atoms with Gasteiger partial charge < -0.3 is 20.1 Å². The van der Waals surface area contributed by atoms with Crippen molar-refractivity contribution < 1.29 is 14.3 Å². The average molecular weight is 314 g/mol. The van der Waals surface area contributed by atoms with Gasteiger partial charge in [-0.25, -0.2) is 4.98 Å². The van der Waals surface area contributed by atoms with Crippen molar-refractivity contribution in [1.82, 2.24) is 10.3 Å². The van der Waals surface area contributed by atoms with Gasteiger partial charge in [-0.1, -0.05) is 18.5 Å². The van der Waals surface area contributed by atoms with E-state index >= 15 is 0 Å². The molecule has 1 unspecified atom stereocenters. The highest BCUT2D eigenvalue weighted by molar-refractivity contribution is 6.33. The zero-order valence-corrected chi connectivity index (χ0v) is 12.8. The molecule has 2 heterocycles. The van der Waals surface area contributed by atoms with Gasteiger partial charge in [0.25, 0.3) is 5.91 Å². The number of amides is 1. The molecule has 2 rings (SSSR count). The lowest BCUT2D eigenvalue weighted by atomic mass is 10.2. The molecule has 7 heteroatoms. The number of nitrogens with one attached hydrogen (secondary N) is 2. The molecule has 0 bridgehead atoms. The smallest absolute Gasteiger partial charge is 0.252 e. The molecule has 0 spiro atoms. The maximum atomic E-state index is 12.0. The molecule has 1 atom stereocenters. The maximum Gasteiger partial charge on any atom is 0.252 e. The molecule has 21 heavy (non-hydrogen) atoms. The van der Waals surface area contributed by atoms with Crippen molar-refractivity contribution in [3.05, 3.63) is 22.8 Å². The summed E-state index contributed by atoms with van der Waals surface area (Å²) in [6, 6.07) is 1.61. The second-order valence-electron chi connectivity index (χ2n) is 4.76. The minimum Gasteiger partial charge on any atom is -0.376 e. The predicted octanol–water partition coefficient (Wildman–Crippen LogP) is 1.70. The van der Waals surface area contributed by atoms with Crippen molar-refractivity contribution >= 4 is 23.3 Å². The van der Waals surface area contributed by atoms with Crippen molar-refractivity contribution in [2.24, 2.45) is 0 Å². The van der Waals surface area contributed by atoms with Crippen LogP contribution in [0.1, 0.15) is 23.7 Å². The summed E-state index contributed by atoms with van der Waals surface area (Å²) >= 11 is 6.11. The molecule has 0 saturated carbocycles. The average Bonchev–Trinajstić information content (AvgIpc) is 2.52. The summed E-state index contributed by atoms with van der Waals surface area (Å²) in [5, 5.41) is 6.33. The first-order valence-corrected chi connectivity index (χ1v) is 7.45. The highest BCUT2D eigenvalue weighted by Gasteiger charge is 2.16. The Bertz CT molecular complexity index is 479. The number of hydrogen-bond donors (Lipinski definition) is 2. The third kappa shape index (κ3) is 4.84. The molecular weight excluding hydrogens is 294 g/mol. The minimum atomic E-state index is -0.222. The molecule has 0 aromatic carbocycles. The van der Waals surface area contributed by atoms with Crippen molar-refractivity contribution in [2.75, 3.05) is 38.2 Å². The molecule has 0 radical (unpaired) electrons. The van der Waals surface area contributed by atoms with E-state index in [1.165, 1.54) is 6.20 Å². The van der Waals surface area contributed by atoms with Crippen molar-refractivity contribution in [2.45, 2.75) is 19.4 Å². The Kier molecular flexibility index (Phi) is 6.22. The highest BCUT2D eigenvalue weighted by atomic mass is 35.5. The number of nitrogens with zero attached hydrogens (tertiary/aromatic N) is 1. The van der Waals surface area contributed by atoms with Crippen molar-refractivity contribution in [1.29, 1.82) is 0 Å². The van der Waals surface area contributed by atoms with Crippen LogP contribution in [-0.4, -0.2) is 49.9 Å². The lowest BCUT2D eigenvalue weighted by Crippen LogP contribution is -2.39. The quantitative estimate of drug-likeness (QED) is 0.836. The summed E-state index contributed by atoms with van der Waals surface area (Å²) in [6.07, 6.45) is 2.39. The molecule has 1 amide bonds. The number of halogens is 1. The fourth-order valence-electron chi connectivity index (χ4n) is 1.90. The molecule has 2 N–H and O–H groups in total. The first-order valence-electron chi connectivity index (χ1n) is 7.07. The molecule has 0 aliphatic carbocycles. The number of pyridine rings is 1. The molecule has 1 aliphatic heterocycles. The molecule has 1 aliphatic rings. The van der Waals surface area contributed by atoms with E-state index in [4.69, 9.17) is 21.1 Å². The number of hydrogen-bond acceptors (Lipinski definition) is 5. The fraction of sp³-hybridized carbons (Fsp3) is 0.571.